The summed E-state index contributed by atoms with van der Waals surface area (Å²) in [6.07, 6.45) is 3.54. The Morgan fingerprint density at radius 3 is 2.85 bits per heavy atom. The Morgan fingerprint density at radius 2 is 2.46 bits per heavy atom. The fourth-order valence-electron chi connectivity index (χ4n) is 1.77. The molecule has 1 saturated carbocycles. The molecule has 0 radical (unpaired) electrons. The number of aromatic nitrogens is 1. The van der Waals surface area contributed by atoms with Crippen LogP contribution in [-0.2, 0) is 10.2 Å². The van der Waals surface area contributed by atoms with Crippen LogP contribution in [0.15, 0.2) is 17.0 Å². The normalized spacial score (nSPS) is 32.5. The molecule has 0 unspecified atom stereocenters. The van der Waals surface area contributed by atoms with Gasteiger partial charge in [-0.1, -0.05) is 0 Å². The van der Waals surface area contributed by atoms with Gasteiger partial charge in [-0.25, -0.2) is 4.98 Å². The Hall–Kier alpha value is -1.36. The fourth-order valence-corrected chi connectivity index (χ4v) is 1.77. The Morgan fingerprint density at radius 1 is 1.77 bits per heavy atom. The molecule has 0 aliphatic heterocycles. The fraction of sp³-hybridized carbons (Fsp3) is 0.500. The summed E-state index contributed by atoms with van der Waals surface area (Å²) >= 11 is 0. The van der Waals surface area contributed by atoms with E-state index in [9.17, 15) is 4.79 Å². The van der Waals surface area contributed by atoms with Gasteiger partial charge in [-0.3, -0.25) is 4.79 Å². The number of nitrogens with two attached hydrogens (primary N) is 1. The van der Waals surface area contributed by atoms with E-state index in [2.05, 4.69) is 4.98 Å². The summed E-state index contributed by atoms with van der Waals surface area (Å²) in [5.74, 6) is -0.479. The van der Waals surface area contributed by atoms with Crippen molar-refractivity contribution in [3.8, 4) is 0 Å². The van der Waals surface area contributed by atoms with Gasteiger partial charge in [0.15, 0.2) is 6.39 Å². The maximum Gasteiger partial charge on any atom is 0.317 e. The van der Waals surface area contributed by atoms with E-state index in [0.717, 1.165) is 0 Å². The zero-order valence-corrected chi connectivity index (χ0v) is 6.93. The summed E-state index contributed by atoms with van der Waals surface area (Å²) < 4.78 is 5.00. The predicted molar refractivity (Wildman–Crippen MR) is 43.0 cm³/mol. The van der Waals surface area contributed by atoms with E-state index in [-0.39, 0.29) is 6.04 Å². The molecule has 0 bridgehead atoms. The highest BCUT2D eigenvalue weighted by molar-refractivity contribution is 5.82. The van der Waals surface area contributed by atoms with Gasteiger partial charge in [-0.15, -0.1) is 0 Å². The van der Waals surface area contributed by atoms with Crippen molar-refractivity contribution < 1.29 is 14.3 Å². The highest BCUT2D eigenvalue weighted by Gasteiger charge is 2.53. The standard InChI is InChI=1S/C8H10N2O3/c9-5-1-8(2-5,7(11)12)6-3-10-4-13-6/h3-5H,1-2,9H2,(H,11,12). The van der Waals surface area contributed by atoms with Gasteiger partial charge >= 0.3 is 5.97 Å². The van der Waals surface area contributed by atoms with Crippen LogP contribution < -0.4 is 5.73 Å². The molecule has 5 heteroatoms. The van der Waals surface area contributed by atoms with Crippen molar-refractivity contribution in [2.45, 2.75) is 24.3 Å². The largest absolute Gasteiger partial charge is 0.480 e. The lowest BCUT2D eigenvalue weighted by Crippen LogP contribution is -2.53. The van der Waals surface area contributed by atoms with Crippen LogP contribution in [-0.4, -0.2) is 22.1 Å². The second kappa shape index (κ2) is 2.56. The molecule has 13 heavy (non-hydrogen) atoms. The SMILES string of the molecule is NC1CC(C(=O)O)(c2cnco2)C1. The number of carboxylic acid groups (broad SMARTS) is 1. The average molecular weight is 182 g/mol. The molecular formula is C8H10N2O3. The van der Waals surface area contributed by atoms with Crippen molar-refractivity contribution in [2.75, 3.05) is 0 Å². The molecule has 1 aromatic heterocycles. The predicted octanol–water partition coefficient (Wildman–Crippen LogP) is 0.118. The number of carboxylic acids is 1. The molecule has 1 aliphatic rings. The van der Waals surface area contributed by atoms with E-state index in [1.807, 2.05) is 0 Å². The first-order valence-corrected chi connectivity index (χ1v) is 4.03. The second-order valence-electron chi connectivity index (χ2n) is 3.42. The molecule has 0 atom stereocenters. The molecule has 70 valence electrons. The van der Waals surface area contributed by atoms with Gasteiger partial charge in [0.1, 0.15) is 11.2 Å². The Bertz CT molecular complexity index is 314. The van der Waals surface area contributed by atoms with Crippen LogP contribution in [0.25, 0.3) is 0 Å². The quantitative estimate of drug-likeness (QED) is 0.678. The molecule has 0 amide bonds. The van der Waals surface area contributed by atoms with Gasteiger partial charge in [0.25, 0.3) is 0 Å². The number of carbonyl (C=O) groups is 1. The van der Waals surface area contributed by atoms with Gasteiger partial charge in [-0.05, 0) is 12.8 Å². The zero-order valence-electron chi connectivity index (χ0n) is 6.93. The first kappa shape index (κ1) is 8.25. The maximum absolute atomic E-state index is 11.0. The summed E-state index contributed by atoms with van der Waals surface area (Å²) in [5, 5.41) is 9.03. The summed E-state index contributed by atoms with van der Waals surface area (Å²) in [4.78, 5) is 14.7. The molecule has 1 fully saturated rings. The van der Waals surface area contributed by atoms with Crippen molar-refractivity contribution in [3.63, 3.8) is 0 Å². The van der Waals surface area contributed by atoms with Crippen molar-refractivity contribution in [3.05, 3.63) is 18.4 Å². The average Bonchev–Trinajstić information content (AvgIpc) is 2.49. The summed E-state index contributed by atoms with van der Waals surface area (Å²) in [7, 11) is 0. The van der Waals surface area contributed by atoms with Crippen LogP contribution in [0.4, 0.5) is 0 Å². The van der Waals surface area contributed by atoms with Crippen molar-refractivity contribution in [2.24, 2.45) is 5.73 Å². The van der Waals surface area contributed by atoms with E-state index in [0.29, 0.717) is 18.6 Å². The summed E-state index contributed by atoms with van der Waals surface area (Å²) in [5.41, 5.74) is 4.65. The Labute approximate surface area is 74.6 Å². The molecule has 0 spiro atoms. The number of nitrogens with zero attached hydrogens (tertiary/aromatic N) is 1. The molecule has 1 aliphatic carbocycles. The van der Waals surface area contributed by atoms with Crippen LogP contribution in [0.2, 0.25) is 0 Å². The number of hydrogen-bond donors (Lipinski definition) is 2. The number of hydrogen-bond acceptors (Lipinski definition) is 4. The van der Waals surface area contributed by atoms with Crippen molar-refractivity contribution in [1.82, 2.24) is 4.98 Å². The topological polar surface area (TPSA) is 89.4 Å². The lowest BCUT2D eigenvalue weighted by Gasteiger charge is -2.40. The van der Waals surface area contributed by atoms with E-state index >= 15 is 0 Å². The smallest absolute Gasteiger partial charge is 0.317 e. The van der Waals surface area contributed by atoms with Crippen molar-refractivity contribution >= 4 is 5.97 Å². The van der Waals surface area contributed by atoms with Gasteiger partial charge in [0, 0.05) is 6.04 Å². The van der Waals surface area contributed by atoms with E-state index in [1.54, 1.807) is 0 Å². The lowest BCUT2D eigenvalue weighted by atomic mass is 9.64. The molecule has 0 saturated heterocycles. The van der Waals surface area contributed by atoms with Gasteiger partial charge in [0.05, 0.1) is 6.20 Å². The first-order valence-electron chi connectivity index (χ1n) is 4.03. The van der Waals surface area contributed by atoms with Crippen LogP contribution in [0.1, 0.15) is 18.6 Å². The lowest BCUT2D eigenvalue weighted by molar-refractivity contribution is -0.149. The maximum atomic E-state index is 11.0. The summed E-state index contributed by atoms with van der Waals surface area (Å²) in [6.45, 7) is 0. The van der Waals surface area contributed by atoms with E-state index in [1.165, 1.54) is 12.6 Å². The van der Waals surface area contributed by atoms with Gasteiger partial charge in [0.2, 0.25) is 0 Å². The van der Waals surface area contributed by atoms with Gasteiger partial charge < -0.3 is 15.3 Å². The molecule has 0 aromatic carbocycles. The monoisotopic (exact) mass is 182 g/mol. The molecular weight excluding hydrogens is 172 g/mol. The molecule has 2 rings (SSSR count). The minimum absolute atomic E-state index is 0.0406. The molecule has 1 aromatic rings. The third-order valence-electron chi connectivity index (χ3n) is 2.53. The van der Waals surface area contributed by atoms with Crippen LogP contribution >= 0.6 is 0 Å². The van der Waals surface area contributed by atoms with Crippen molar-refractivity contribution in [1.29, 1.82) is 0 Å². The minimum atomic E-state index is -0.921. The Kier molecular flexibility index (Phi) is 1.63. The molecule has 1 heterocycles. The second-order valence-corrected chi connectivity index (χ2v) is 3.42. The van der Waals surface area contributed by atoms with Crippen LogP contribution in [0, 0.1) is 0 Å². The zero-order chi connectivity index (χ0) is 9.47. The highest BCUT2D eigenvalue weighted by atomic mass is 16.4. The Balaban J connectivity index is 2.31. The van der Waals surface area contributed by atoms with E-state index in [4.69, 9.17) is 15.3 Å². The van der Waals surface area contributed by atoms with Crippen LogP contribution in [0.5, 0.6) is 0 Å². The molecule has 5 nitrogen and oxygen atoms in total. The third kappa shape index (κ3) is 1.04. The molecule has 3 N–H and O–H groups in total. The minimum Gasteiger partial charge on any atom is -0.480 e. The first-order chi connectivity index (χ1) is 6.15. The van der Waals surface area contributed by atoms with Crippen LogP contribution in [0.3, 0.4) is 0 Å². The number of oxazole rings is 1. The summed E-state index contributed by atoms with van der Waals surface area (Å²) in [6, 6.07) is -0.0406. The highest BCUT2D eigenvalue weighted by Crippen LogP contribution is 2.43. The van der Waals surface area contributed by atoms with E-state index < -0.39 is 11.4 Å². The van der Waals surface area contributed by atoms with Gasteiger partial charge in [-0.2, -0.15) is 0 Å². The number of aliphatic carboxylic acids is 1. The third-order valence-corrected chi connectivity index (χ3v) is 2.53. The number of rotatable bonds is 2.